The third-order valence-corrected chi connectivity index (χ3v) is 11.9. The number of benzene rings is 1. The van der Waals surface area contributed by atoms with Crippen molar-refractivity contribution in [3.05, 3.63) is 35.1 Å². The molecule has 2 aliphatic carbocycles. The third kappa shape index (κ3) is 8.03. The average molecular weight is 682 g/mol. The molecule has 9 heteroatoms. The molecule has 2 aliphatic heterocycles. The van der Waals surface area contributed by atoms with Gasteiger partial charge in [-0.05, 0) is 50.6 Å². The Hall–Kier alpha value is -2.91. The van der Waals surface area contributed by atoms with Crippen molar-refractivity contribution in [3.63, 3.8) is 0 Å². The normalized spacial score (nSPS) is 25.7. The number of phenolic OH excluding ortho intramolecular Hbond substituents is 1. The van der Waals surface area contributed by atoms with Crippen LogP contribution in [0.2, 0.25) is 0 Å². The van der Waals surface area contributed by atoms with Crippen molar-refractivity contribution in [3.8, 4) is 11.5 Å². The van der Waals surface area contributed by atoms with Gasteiger partial charge in [0.05, 0.1) is 23.4 Å². The standard InChI is InChI=1S/C40H59NO8/c1-3-4-5-6-7-8-9-10-11-12-13-14-15-16-17-18-30(42)25-29(27-34(44)45)38(46)48-32-21-22-40(47)33-26-28-19-20-31(43)36-35(28)39(40,37(32)49-36)23-24-41(33)2/h19-21,29,33,37,43,47H,3-18,22-27H2,1-2H3,(H,44,45)/t29-,33-,37-,39-,40+/m0/s1. The van der Waals surface area contributed by atoms with E-state index in [-0.39, 0.29) is 36.2 Å². The highest BCUT2D eigenvalue weighted by molar-refractivity contribution is 5.87. The number of ether oxygens (including phenoxy) is 2. The molecule has 1 fully saturated rings. The van der Waals surface area contributed by atoms with Crippen molar-refractivity contribution in [1.82, 2.24) is 4.90 Å². The van der Waals surface area contributed by atoms with Gasteiger partial charge in [0.15, 0.2) is 17.6 Å². The molecule has 0 unspecified atom stereocenters. The lowest BCUT2D eigenvalue weighted by Gasteiger charge is -2.61. The second-order valence-corrected chi connectivity index (χ2v) is 15.3. The van der Waals surface area contributed by atoms with Crippen LogP contribution in [0.3, 0.4) is 0 Å². The maximum Gasteiger partial charge on any atom is 0.315 e. The Balaban J connectivity index is 1.08. The average Bonchev–Trinajstić information content (AvgIpc) is 3.43. The van der Waals surface area contributed by atoms with E-state index in [1.165, 1.54) is 70.6 Å². The zero-order chi connectivity index (χ0) is 35.0. The molecule has 272 valence electrons. The van der Waals surface area contributed by atoms with Crippen LogP contribution in [0.4, 0.5) is 0 Å². The zero-order valence-electron chi connectivity index (χ0n) is 29.9. The Bertz CT molecular complexity index is 1360. The van der Waals surface area contributed by atoms with E-state index in [2.05, 4.69) is 11.8 Å². The monoisotopic (exact) mass is 681 g/mol. The molecule has 5 rings (SSSR count). The molecule has 1 saturated heterocycles. The molecule has 4 aliphatic rings. The molecule has 2 heterocycles. The minimum atomic E-state index is -1.20. The van der Waals surface area contributed by atoms with Crippen molar-refractivity contribution in [1.29, 1.82) is 0 Å². The molecule has 3 N–H and O–H groups in total. The number of aliphatic hydroxyl groups is 1. The van der Waals surface area contributed by atoms with Gasteiger partial charge in [-0.15, -0.1) is 0 Å². The topological polar surface area (TPSA) is 134 Å². The zero-order valence-corrected chi connectivity index (χ0v) is 29.9. The first kappa shape index (κ1) is 37.3. The number of carbonyl (C=O) groups excluding carboxylic acids is 2. The summed E-state index contributed by atoms with van der Waals surface area (Å²) in [6.07, 6.45) is 20.3. The molecule has 5 atom stereocenters. The number of ketones is 1. The first-order valence-corrected chi connectivity index (χ1v) is 19.2. The Morgan fingerprint density at radius 2 is 1.55 bits per heavy atom. The summed E-state index contributed by atoms with van der Waals surface area (Å²) in [5.74, 6) is -2.69. The number of hydrogen-bond donors (Lipinski definition) is 3. The number of aliphatic carboxylic acids is 1. The number of nitrogens with zero attached hydrogens (tertiary/aromatic N) is 1. The lowest BCUT2D eigenvalue weighted by atomic mass is 9.50. The van der Waals surface area contributed by atoms with Crippen LogP contribution in [0.15, 0.2) is 24.0 Å². The third-order valence-electron chi connectivity index (χ3n) is 11.9. The highest BCUT2D eigenvalue weighted by Crippen LogP contribution is 2.65. The van der Waals surface area contributed by atoms with Crippen LogP contribution < -0.4 is 4.74 Å². The molecule has 1 aromatic rings. The van der Waals surface area contributed by atoms with Gasteiger partial charge in [-0.3, -0.25) is 14.4 Å². The lowest BCUT2D eigenvalue weighted by Crippen LogP contribution is -2.74. The van der Waals surface area contributed by atoms with Crippen molar-refractivity contribution in [2.24, 2.45) is 5.92 Å². The van der Waals surface area contributed by atoms with Crippen molar-refractivity contribution < 1.29 is 39.2 Å². The van der Waals surface area contributed by atoms with Crippen LogP contribution in [-0.2, 0) is 31.0 Å². The molecular weight excluding hydrogens is 622 g/mol. The highest BCUT2D eigenvalue weighted by Gasteiger charge is 2.72. The Morgan fingerprint density at radius 3 is 2.16 bits per heavy atom. The summed E-state index contributed by atoms with van der Waals surface area (Å²) in [6, 6.07) is 3.30. The number of Topliss-reactive ketones (excluding diaryl/α,β-unsaturated/α-hetero) is 1. The van der Waals surface area contributed by atoms with Gasteiger partial charge in [0.25, 0.3) is 0 Å². The number of likely N-dealkylation sites (tertiary alicyclic amines) is 1. The van der Waals surface area contributed by atoms with Gasteiger partial charge in [0, 0.05) is 30.9 Å². The van der Waals surface area contributed by atoms with Gasteiger partial charge < -0.3 is 29.7 Å². The van der Waals surface area contributed by atoms with Gasteiger partial charge in [-0.2, -0.15) is 0 Å². The molecule has 9 nitrogen and oxygen atoms in total. The molecule has 2 bridgehead atoms. The van der Waals surface area contributed by atoms with E-state index in [1.54, 1.807) is 12.1 Å². The summed E-state index contributed by atoms with van der Waals surface area (Å²) in [4.78, 5) is 40.4. The number of phenols is 1. The van der Waals surface area contributed by atoms with E-state index >= 15 is 0 Å². The predicted molar refractivity (Wildman–Crippen MR) is 188 cm³/mol. The number of carbonyl (C=O) groups is 3. The molecule has 0 amide bonds. The van der Waals surface area contributed by atoms with Crippen molar-refractivity contribution >= 4 is 17.7 Å². The van der Waals surface area contributed by atoms with Gasteiger partial charge in [0.1, 0.15) is 11.5 Å². The molecular formula is C40H59NO8. The van der Waals surface area contributed by atoms with Crippen LogP contribution >= 0.6 is 0 Å². The van der Waals surface area contributed by atoms with Crippen molar-refractivity contribution in [2.45, 2.75) is 165 Å². The minimum Gasteiger partial charge on any atom is -0.504 e. The summed E-state index contributed by atoms with van der Waals surface area (Å²) < 4.78 is 12.3. The molecule has 1 aromatic carbocycles. The van der Waals surface area contributed by atoms with Gasteiger partial charge in [-0.25, -0.2) is 0 Å². The summed E-state index contributed by atoms with van der Waals surface area (Å²) >= 11 is 0. The van der Waals surface area contributed by atoms with Crippen LogP contribution in [0.1, 0.15) is 146 Å². The minimum absolute atomic E-state index is 0.0268. The fourth-order valence-corrected chi connectivity index (χ4v) is 9.16. The summed E-state index contributed by atoms with van der Waals surface area (Å²) in [7, 11) is 2.00. The smallest absolute Gasteiger partial charge is 0.315 e. The van der Waals surface area contributed by atoms with Crippen LogP contribution in [-0.4, -0.2) is 69.3 Å². The number of aromatic hydroxyl groups is 1. The Labute approximate surface area is 292 Å². The molecule has 0 radical (unpaired) electrons. The van der Waals surface area contributed by atoms with Crippen LogP contribution in [0, 0.1) is 5.92 Å². The maximum absolute atomic E-state index is 13.5. The second-order valence-electron chi connectivity index (χ2n) is 15.3. The summed E-state index contributed by atoms with van der Waals surface area (Å²) in [5, 5.41) is 32.6. The number of hydrogen-bond acceptors (Lipinski definition) is 8. The van der Waals surface area contributed by atoms with E-state index in [0.717, 1.165) is 36.8 Å². The Kier molecular flexibility index (Phi) is 12.9. The Morgan fingerprint density at radius 1 is 0.939 bits per heavy atom. The fraction of sp³-hybridized carbons (Fsp3) is 0.725. The number of piperidine rings is 1. The lowest BCUT2D eigenvalue weighted by molar-refractivity contribution is -0.171. The SMILES string of the molecule is CCCCCCCCCCCCCCCCCC(=O)C[C@@H](CC(=O)O)C(=O)OC1=CC[C@@]2(O)[C@@H]3Cc4ccc(O)c5c4[C@@]2(CCN3C)[C@H]1O5. The number of carboxylic acids is 1. The van der Waals surface area contributed by atoms with E-state index in [9.17, 15) is 29.7 Å². The van der Waals surface area contributed by atoms with E-state index < -0.39 is 41.4 Å². The van der Waals surface area contributed by atoms with E-state index in [0.29, 0.717) is 31.6 Å². The predicted octanol–water partition coefficient (Wildman–Crippen LogP) is 7.52. The highest BCUT2D eigenvalue weighted by atomic mass is 16.6. The number of likely N-dealkylation sites (N-methyl/N-ethyl adjacent to an activating group) is 1. The number of esters is 1. The molecule has 49 heavy (non-hydrogen) atoms. The number of unbranched alkanes of at least 4 members (excludes halogenated alkanes) is 14. The number of carboxylic acid groups (broad SMARTS) is 1. The van der Waals surface area contributed by atoms with Gasteiger partial charge in [0.2, 0.25) is 0 Å². The maximum atomic E-state index is 13.5. The van der Waals surface area contributed by atoms with Crippen LogP contribution in [0.25, 0.3) is 0 Å². The molecule has 0 aromatic heterocycles. The van der Waals surface area contributed by atoms with Gasteiger partial charge >= 0.3 is 11.9 Å². The fourth-order valence-electron chi connectivity index (χ4n) is 9.16. The van der Waals surface area contributed by atoms with E-state index in [1.807, 2.05) is 13.1 Å². The largest absolute Gasteiger partial charge is 0.504 e. The number of rotatable bonds is 22. The van der Waals surface area contributed by atoms with Crippen molar-refractivity contribution in [2.75, 3.05) is 13.6 Å². The molecule has 0 saturated carbocycles. The summed E-state index contributed by atoms with van der Waals surface area (Å²) in [6.45, 7) is 2.95. The quantitative estimate of drug-likeness (QED) is 0.0839. The second kappa shape index (κ2) is 16.9. The first-order chi connectivity index (χ1) is 23.6. The summed E-state index contributed by atoms with van der Waals surface area (Å²) in [5.41, 5.74) is -0.331. The van der Waals surface area contributed by atoms with E-state index in [4.69, 9.17) is 9.47 Å². The first-order valence-electron chi connectivity index (χ1n) is 19.2. The van der Waals surface area contributed by atoms with Gasteiger partial charge in [-0.1, -0.05) is 103 Å². The molecule has 1 spiro atoms. The van der Waals surface area contributed by atoms with Crippen LogP contribution in [0.5, 0.6) is 11.5 Å².